The average Bonchev–Trinajstić information content (AvgIpc) is 3.00. The van der Waals surface area contributed by atoms with Crippen molar-refractivity contribution in [3.8, 4) is 0 Å². The molecule has 0 aromatic carbocycles. The van der Waals surface area contributed by atoms with Crippen LogP contribution in [0.2, 0.25) is 0 Å². The molecule has 4 N–H and O–H groups in total. The summed E-state index contributed by atoms with van der Waals surface area (Å²) >= 11 is 0. The Morgan fingerprint density at radius 3 is 1.49 bits per heavy atom. The summed E-state index contributed by atoms with van der Waals surface area (Å²) in [4.78, 5) is 12.3. The number of hydrogen-bond acceptors (Lipinski definition) is 4. The molecular weight excluding hydrogens is 534 g/mol. The van der Waals surface area contributed by atoms with Crippen LogP contribution in [0, 0.1) is 0 Å². The van der Waals surface area contributed by atoms with Gasteiger partial charge in [-0.1, -0.05) is 173 Å². The van der Waals surface area contributed by atoms with E-state index in [1.54, 1.807) is 6.08 Å². The Morgan fingerprint density at radius 1 is 0.581 bits per heavy atom. The lowest BCUT2D eigenvalue weighted by molar-refractivity contribution is -0.124. The van der Waals surface area contributed by atoms with E-state index in [4.69, 9.17) is 0 Å². The Morgan fingerprint density at radius 2 is 1.00 bits per heavy atom. The van der Waals surface area contributed by atoms with Crippen molar-refractivity contribution >= 4 is 5.91 Å². The third-order valence-corrected chi connectivity index (χ3v) is 8.49. The minimum atomic E-state index is -0.946. The van der Waals surface area contributed by atoms with Crippen LogP contribution in [-0.2, 0) is 4.79 Å². The molecule has 1 amide bonds. The highest BCUT2D eigenvalue weighted by Gasteiger charge is 2.20. The van der Waals surface area contributed by atoms with E-state index in [1.165, 1.54) is 128 Å². The smallest absolute Gasteiger partial charge is 0.222 e. The Bertz CT molecular complexity index is 635. The summed E-state index contributed by atoms with van der Waals surface area (Å²) in [7, 11) is 0. The zero-order chi connectivity index (χ0) is 31.6. The van der Waals surface area contributed by atoms with E-state index in [2.05, 4.69) is 31.3 Å². The van der Waals surface area contributed by atoms with Crippen LogP contribution in [0.1, 0.15) is 187 Å². The molecule has 0 aliphatic rings. The fraction of sp³-hybridized carbons (Fsp3) is 0.868. The first-order chi connectivity index (χ1) is 21.0. The van der Waals surface area contributed by atoms with Gasteiger partial charge in [0.15, 0.2) is 0 Å². The van der Waals surface area contributed by atoms with Gasteiger partial charge in [-0.05, 0) is 32.1 Å². The fourth-order valence-electron chi connectivity index (χ4n) is 5.59. The lowest BCUT2D eigenvalue weighted by atomic mass is 10.0. The quantitative estimate of drug-likeness (QED) is 0.0441. The number of carbonyl (C=O) groups excluding carboxylic acids is 1. The first-order valence-electron chi connectivity index (χ1n) is 18.6. The number of nitrogens with one attached hydrogen (secondary N) is 1. The Hall–Kier alpha value is -1.17. The van der Waals surface area contributed by atoms with Crippen molar-refractivity contribution in [3.05, 3.63) is 24.3 Å². The first-order valence-corrected chi connectivity index (χ1v) is 18.6. The van der Waals surface area contributed by atoms with Crippen LogP contribution in [0.15, 0.2) is 24.3 Å². The molecule has 0 saturated carbocycles. The highest BCUT2D eigenvalue weighted by atomic mass is 16.3. The average molecular weight is 608 g/mol. The van der Waals surface area contributed by atoms with Crippen LogP contribution >= 0.6 is 0 Å². The maximum Gasteiger partial charge on any atom is 0.222 e. The molecule has 0 aromatic heterocycles. The van der Waals surface area contributed by atoms with E-state index in [0.29, 0.717) is 6.42 Å². The van der Waals surface area contributed by atoms with Crippen molar-refractivity contribution in [2.45, 2.75) is 205 Å². The van der Waals surface area contributed by atoms with Gasteiger partial charge in [-0.2, -0.15) is 0 Å². The minimum Gasteiger partial charge on any atom is -0.394 e. The zero-order valence-electron chi connectivity index (χ0n) is 28.6. The van der Waals surface area contributed by atoms with Crippen molar-refractivity contribution in [2.24, 2.45) is 0 Å². The minimum absolute atomic E-state index is 0.00900. The van der Waals surface area contributed by atoms with Gasteiger partial charge >= 0.3 is 0 Å². The normalized spacial score (nSPS) is 14.1. The molecule has 0 aliphatic carbocycles. The number of allylic oxidation sites excluding steroid dienone is 3. The first kappa shape index (κ1) is 41.8. The third-order valence-electron chi connectivity index (χ3n) is 8.49. The van der Waals surface area contributed by atoms with Crippen LogP contribution in [0.3, 0.4) is 0 Å². The molecule has 3 unspecified atom stereocenters. The molecule has 0 aromatic rings. The molecule has 5 nitrogen and oxygen atoms in total. The van der Waals surface area contributed by atoms with Crippen molar-refractivity contribution in [2.75, 3.05) is 6.61 Å². The molecule has 0 saturated heterocycles. The predicted octanol–water partition coefficient (Wildman–Crippen LogP) is 9.87. The van der Waals surface area contributed by atoms with E-state index < -0.39 is 18.2 Å². The molecule has 0 heterocycles. The number of carbonyl (C=O) groups is 1. The molecule has 0 fully saturated rings. The second kappa shape index (κ2) is 33.7. The van der Waals surface area contributed by atoms with Gasteiger partial charge < -0.3 is 20.6 Å². The summed E-state index contributed by atoms with van der Waals surface area (Å²) in [6, 6.07) is -0.755. The third kappa shape index (κ3) is 30.6. The number of aliphatic hydroxyl groups is 3. The van der Waals surface area contributed by atoms with Gasteiger partial charge in [0.05, 0.1) is 31.3 Å². The number of hydrogen-bond donors (Lipinski definition) is 4. The van der Waals surface area contributed by atoms with Gasteiger partial charge in [0.1, 0.15) is 0 Å². The largest absolute Gasteiger partial charge is 0.394 e. The standard InChI is InChI=1S/C38H73NO4/c1-3-5-7-9-11-13-15-17-18-19-20-21-23-25-27-29-31-35(41)33-38(43)39-36(34-40)37(42)32-30-28-26-24-22-16-14-12-10-8-6-4-2/h22,24,30,32,35-37,40-42H,3-21,23,25-29,31,33-34H2,1-2H3,(H,39,43)/b24-22+,32-30+. The van der Waals surface area contributed by atoms with Gasteiger partial charge in [0.2, 0.25) is 5.91 Å². The molecule has 0 radical (unpaired) electrons. The molecule has 254 valence electrons. The summed E-state index contributed by atoms with van der Waals surface area (Å²) in [5.41, 5.74) is 0. The van der Waals surface area contributed by atoms with E-state index in [-0.39, 0.29) is 18.9 Å². The summed E-state index contributed by atoms with van der Waals surface area (Å²) in [6.07, 6.45) is 38.7. The Balaban J connectivity index is 3.74. The number of aliphatic hydroxyl groups excluding tert-OH is 3. The molecule has 0 spiro atoms. The molecule has 43 heavy (non-hydrogen) atoms. The van der Waals surface area contributed by atoms with Gasteiger partial charge in [0, 0.05) is 0 Å². The van der Waals surface area contributed by atoms with Crippen molar-refractivity contribution in [3.63, 3.8) is 0 Å². The van der Waals surface area contributed by atoms with Gasteiger partial charge in [-0.15, -0.1) is 0 Å². The lowest BCUT2D eigenvalue weighted by Crippen LogP contribution is -2.45. The van der Waals surface area contributed by atoms with Crippen molar-refractivity contribution in [1.29, 1.82) is 0 Å². The van der Waals surface area contributed by atoms with Crippen LogP contribution < -0.4 is 5.32 Å². The van der Waals surface area contributed by atoms with Gasteiger partial charge in [-0.25, -0.2) is 0 Å². The molecule has 0 rings (SSSR count). The maximum absolute atomic E-state index is 12.3. The summed E-state index contributed by atoms with van der Waals surface area (Å²) < 4.78 is 0. The molecule has 3 atom stereocenters. The second-order valence-electron chi connectivity index (χ2n) is 12.8. The number of amides is 1. The van der Waals surface area contributed by atoms with Crippen LogP contribution in [0.4, 0.5) is 0 Å². The highest BCUT2D eigenvalue weighted by molar-refractivity contribution is 5.76. The molecule has 5 heteroatoms. The summed E-state index contributed by atoms with van der Waals surface area (Å²) in [6.45, 7) is 4.17. The van der Waals surface area contributed by atoms with Crippen LogP contribution in [0.5, 0.6) is 0 Å². The van der Waals surface area contributed by atoms with Crippen LogP contribution in [-0.4, -0.2) is 46.1 Å². The maximum atomic E-state index is 12.3. The number of rotatable bonds is 33. The monoisotopic (exact) mass is 608 g/mol. The van der Waals surface area contributed by atoms with E-state index in [0.717, 1.165) is 32.1 Å². The van der Waals surface area contributed by atoms with Crippen molar-refractivity contribution in [1.82, 2.24) is 5.32 Å². The molecular formula is C38H73NO4. The topological polar surface area (TPSA) is 89.8 Å². The van der Waals surface area contributed by atoms with Gasteiger partial charge in [0.25, 0.3) is 0 Å². The van der Waals surface area contributed by atoms with Crippen molar-refractivity contribution < 1.29 is 20.1 Å². The predicted molar refractivity (Wildman–Crippen MR) is 185 cm³/mol. The second-order valence-corrected chi connectivity index (χ2v) is 12.8. The SMILES string of the molecule is CCCCCCCC/C=C/CC/C=C/C(O)C(CO)NC(=O)CC(O)CCCCCCCCCCCCCCCCCC. The molecule has 0 bridgehead atoms. The van der Waals surface area contributed by atoms with E-state index in [9.17, 15) is 20.1 Å². The fourth-order valence-corrected chi connectivity index (χ4v) is 5.59. The number of unbranched alkanes of at least 4 members (excludes halogenated alkanes) is 22. The lowest BCUT2D eigenvalue weighted by Gasteiger charge is -2.21. The highest BCUT2D eigenvalue weighted by Crippen LogP contribution is 2.15. The summed E-state index contributed by atoms with van der Waals surface area (Å²) in [5, 5.41) is 33.0. The Labute approximate surface area is 267 Å². The summed E-state index contributed by atoms with van der Waals surface area (Å²) in [5.74, 6) is -0.326. The molecule has 0 aliphatic heterocycles. The van der Waals surface area contributed by atoms with Crippen LogP contribution in [0.25, 0.3) is 0 Å². The van der Waals surface area contributed by atoms with E-state index >= 15 is 0 Å². The zero-order valence-corrected chi connectivity index (χ0v) is 28.6. The van der Waals surface area contributed by atoms with E-state index in [1.807, 2.05) is 6.08 Å². The van der Waals surface area contributed by atoms with Gasteiger partial charge in [-0.3, -0.25) is 4.79 Å². The Kier molecular flexibility index (Phi) is 32.8.